The number of benzene rings is 2. The number of amides is 2. The lowest BCUT2D eigenvalue weighted by Gasteiger charge is -2.34. The van der Waals surface area contributed by atoms with Crippen LogP contribution in [0.5, 0.6) is 5.75 Å². The average molecular weight is 461 g/mol. The molecule has 1 aliphatic heterocycles. The van der Waals surface area contributed by atoms with E-state index in [0.29, 0.717) is 19.7 Å². The molecule has 2 N–H and O–H groups in total. The standard InChI is InChI=1S/C22H28N4O5S/c1-23-32(29,30)20-9-7-18(8-10-20)22(28)24-17-21(27)26-13-11-25(12-14-26)15-16-31-19-5-3-2-4-6-19/h2-10,23H,11-17H2,1H3,(H,24,28). The smallest absolute Gasteiger partial charge is 0.251 e. The lowest BCUT2D eigenvalue weighted by atomic mass is 10.2. The number of rotatable bonds is 9. The number of carbonyl (C=O) groups is 2. The Labute approximate surface area is 188 Å². The number of para-hydroxylation sites is 1. The largest absolute Gasteiger partial charge is 0.492 e. The van der Waals surface area contributed by atoms with E-state index in [9.17, 15) is 18.0 Å². The zero-order chi connectivity index (χ0) is 23.0. The van der Waals surface area contributed by atoms with Crippen molar-refractivity contribution in [1.29, 1.82) is 0 Å². The van der Waals surface area contributed by atoms with Crippen molar-refractivity contribution in [2.45, 2.75) is 4.90 Å². The van der Waals surface area contributed by atoms with Gasteiger partial charge in [0.1, 0.15) is 12.4 Å². The Hall–Kier alpha value is -2.95. The van der Waals surface area contributed by atoms with Crippen LogP contribution in [0.4, 0.5) is 0 Å². The second-order valence-corrected chi connectivity index (χ2v) is 9.19. The summed E-state index contributed by atoms with van der Waals surface area (Å²) >= 11 is 0. The monoisotopic (exact) mass is 460 g/mol. The molecule has 1 saturated heterocycles. The number of piperazine rings is 1. The highest BCUT2D eigenvalue weighted by Crippen LogP contribution is 2.11. The van der Waals surface area contributed by atoms with Gasteiger partial charge in [0.05, 0.1) is 11.4 Å². The molecule has 0 radical (unpaired) electrons. The summed E-state index contributed by atoms with van der Waals surface area (Å²) in [7, 11) is -2.24. The summed E-state index contributed by atoms with van der Waals surface area (Å²) in [6, 6.07) is 15.2. The Kier molecular flexibility index (Phi) is 8.20. The molecule has 32 heavy (non-hydrogen) atoms. The van der Waals surface area contributed by atoms with Crippen LogP contribution in [0.15, 0.2) is 59.5 Å². The second-order valence-electron chi connectivity index (χ2n) is 7.30. The van der Waals surface area contributed by atoms with E-state index >= 15 is 0 Å². The molecular formula is C22H28N4O5S. The minimum Gasteiger partial charge on any atom is -0.492 e. The fraction of sp³-hybridized carbons (Fsp3) is 0.364. The summed E-state index contributed by atoms with van der Waals surface area (Å²) in [6.45, 7) is 3.95. The fourth-order valence-electron chi connectivity index (χ4n) is 3.30. The molecule has 1 aliphatic rings. The Morgan fingerprint density at radius 2 is 1.62 bits per heavy atom. The first kappa shape index (κ1) is 23.7. The van der Waals surface area contributed by atoms with Gasteiger partial charge in [0.2, 0.25) is 15.9 Å². The predicted molar refractivity (Wildman–Crippen MR) is 120 cm³/mol. The molecule has 0 bridgehead atoms. The van der Waals surface area contributed by atoms with E-state index in [-0.39, 0.29) is 22.9 Å². The molecule has 2 amide bonds. The highest BCUT2D eigenvalue weighted by molar-refractivity contribution is 7.89. The maximum atomic E-state index is 12.4. The van der Waals surface area contributed by atoms with Crippen molar-refractivity contribution < 1.29 is 22.7 Å². The van der Waals surface area contributed by atoms with Gasteiger partial charge in [-0.2, -0.15) is 0 Å². The van der Waals surface area contributed by atoms with Crippen molar-refractivity contribution in [2.24, 2.45) is 0 Å². The van der Waals surface area contributed by atoms with E-state index in [1.807, 2.05) is 30.3 Å². The van der Waals surface area contributed by atoms with E-state index in [4.69, 9.17) is 4.74 Å². The van der Waals surface area contributed by atoms with E-state index in [0.717, 1.165) is 25.4 Å². The Morgan fingerprint density at radius 1 is 0.969 bits per heavy atom. The number of nitrogens with zero attached hydrogens (tertiary/aromatic N) is 2. The van der Waals surface area contributed by atoms with Crippen LogP contribution in [0.3, 0.4) is 0 Å². The van der Waals surface area contributed by atoms with Crippen LogP contribution >= 0.6 is 0 Å². The van der Waals surface area contributed by atoms with Crippen molar-refractivity contribution in [3.05, 3.63) is 60.2 Å². The van der Waals surface area contributed by atoms with Gasteiger partial charge >= 0.3 is 0 Å². The number of carbonyl (C=O) groups excluding carboxylic acids is 2. The van der Waals surface area contributed by atoms with Crippen LogP contribution in [0.25, 0.3) is 0 Å². The molecule has 0 unspecified atom stereocenters. The molecule has 1 heterocycles. The van der Waals surface area contributed by atoms with Gasteiger partial charge in [0.15, 0.2) is 0 Å². The van der Waals surface area contributed by atoms with Gasteiger partial charge in [-0.1, -0.05) is 18.2 Å². The molecule has 9 nitrogen and oxygen atoms in total. The third kappa shape index (κ3) is 6.52. The Balaban J connectivity index is 1.38. The first-order valence-corrected chi connectivity index (χ1v) is 11.9. The normalized spacial score (nSPS) is 14.7. The summed E-state index contributed by atoms with van der Waals surface area (Å²) in [5, 5.41) is 2.60. The molecule has 0 saturated carbocycles. The van der Waals surface area contributed by atoms with Gasteiger partial charge < -0.3 is 15.0 Å². The summed E-state index contributed by atoms with van der Waals surface area (Å²) in [5.41, 5.74) is 0.288. The second kappa shape index (κ2) is 11.1. The van der Waals surface area contributed by atoms with Gasteiger partial charge in [0.25, 0.3) is 5.91 Å². The quantitative estimate of drug-likeness (QED) is 0.566. The highest BCUT2D eigenvalue weighted by Gasteiger charge is 2.21. The molecule has 0 aromatic heterocycles. The van der Waals surface area contributed by atoms with Crippen molar-refractivity contribution >= 4 is 21.8 Å². The average Bonchev–Trinajstić information content (AvgIpc) is 2.83. The molecule has 2 aromatic carbocycles. The molecule has 2 aromatic rings. The SMILES string of the molecule is CNS(=O)(=O)c1ccc(C(=O)NCC(=O)N2CCN(CCOc3ccccc3)CC2)cc1. The van der Waals surface area contributed by atoms with E-state index in [1.54, 1.807) is 4.90 Å². The van der Waals surface area contributed by atoms with E-state index in [1.165, 1.54) is 31.3 Å². The molecule has 3 rings (SSSR count). The maximum absolute atomic E-state index is 12.4. The molecule has 1 fully saturated rings. The first-order chi connectivity index (χ1) is 15.4. The highest BCUT2D eigenvalue weighted by atomic mass is 32.2. The number of ether oxygens (including phenoxy) is 1. The number of hydrogen-bond acceptors (Lipinski definition) is 6. The topological polar surface area (TPSA) is 108 Å². The first-order valence-electron chi connectivity index (χ1n) is 10.4. The Morgan fingerprint density at radius 3 is 2.25 bits per heavy atom. The molecule has 172 valence electrons. The van der Waals surface area contributed by atoms with Gasteiger partial charge in [-0.3, -0.25) is 14.5 Å². The van der Waals surface area contributed by atoms with Gasteiger partial charge in [-0.25, -0.2) is 13.1 Å². The van der Waals surface area contributed by atoms with Crippen LogP contribution in [-0.2, 0) is 14.8 Å². The zero-order valence-corrected chi connectivity index (χ0v) is 18.8. The van der Waals surface area contributed by atoms with Crippen LogP contribution in [0, 0.1) is 0 Å². The van der Waals surface area contributed by atoms with E-state index in [2.05, 4.69) is 14.9 Å². The molecular weight excluding hydrogens is 432 g/mol. The maximum Gasteiger partial charge on any atom is 0.251 e. The van der Waals surface area contributed by atoms with Gasteiger partial charge in [-0.05, 0) is 43.4 Å². The van der Waals surface area contributed by atoms with Crippen LogP contribution in [0.2, 0.25) is 0 Å². The van der Waals surface area contributed by atoms with Crippen molar-refractivity contribution in [3.63, 3.8) is 0 Å². The van der Waals surface area contributed by atoms with Gasteiger partial charge in [0, 0.05) is 38.3 Å². The van der Waals surface area contributed by atoms with Crippen molar-refractivity contribution in [2.75, 3.05) is 52.9 Å². The van der Waals surface area contributed by atoms with Gasteiger partial charge in [-0.15, -0.1) is 0 Å². The molecule has 0 atom stereocenters. The lowest BCUT2D eigenvalue weighted by molar-refractivity contribution is -0.131. The number of sulfonamides is 1. The minimum atomic E-state index is -3.56. The van der Waals surface area contributed by atoms with Crippen molar-refractivity contribution in [1.82, 2.24) is 19.8 Å². The molecule has 0 spiro atoms. The van der Waals surface area contributed by atoms with Crippen LogP contribution < -0.4 is 14.8 Å². The summed E-state index contributed by atoms with van der Waals surface area (Å²) in [4.78, 5) is 28.8. The fourth-order valence-corrected chi connectivity index (χ4v) is 4.03. The molecule has 0 aliphatic carbocycles. The number of hydrogen-bond donors (Lipinski definition) is 2. The van der Waals surface area contributed by atoms with E-state index < -0.39 is 15.9 Å². The third-order valence-corrected chi connectivity index (χ3v) is 6.67. The Bertz CT molecular complexity index is 1000. The minimum absolute atomic E-state index is 0.0691. The zero-order valence-electron chi connectivity index (χ0n) is 18.0. The summed E-state index contributed by atoms with van der Waals surface area (Å²) in [6.07, 6.45) is 0. The third-order valence-electron chi connectivity index (χ3n) is 5.24. The summed E-state index contributed by atoms with van der Waals surface area (Å²) < 4.78 is 31.4. The summed E-state index contributed by atoms with van der Waals surface area (Å²) in [5.74, 6) is 0.270. The number of nitrogens with one attached hydrogen (secondary N) is 2. The predicted octanol–water partition coefficient (Wildman–Crippen LogP) is 0.548. The molecule has 10 heteroatoms. The van der Waals surface area contributed by atoms with Crippen molar-refractivity contribution in [3.8, 4) is 5.75 Å². The lowest BCUT2D eigenvalue weighted by Crippen LogP contribution is -2.51. The van der Waals surface area contributed by atoms with Crippen LogP contribution in [0.1, 0.15) is 10.4 Å². The van der Waals surface area contributed by atoms with Crippen LogP contribution in [-0.4, -0.2) is 83.0 Å².